The van der Waals surface area contributed by atoms with Gasteiger partial charge in [0.05, 0.1) is 20.3 Å². The van der Waals surface area contributed by atoms with Gasteiger partial charge in [0.1, 0.15) is 0 Å². The first-order valence-electron chi connectivity index (χ1n) is 6.84. The number of piperazine rings is 1. The van der Waals surface area contributed by atoms with E-state index in [4.69, 9.17) is 9.47 Å². The molecule has 0 saturated carbocycles. The van der Waals surface area contributed by atoms with Crippen LogP contribution in [-0.2, 0) is 0 Å². The predicted molar refractivity (Wildman–Crippen MR) is 77.7 cm³/mol. The minimum absolute atomic E-state index is 0.515. The average Bonchev–Trinajstić information content (AvgIpc) is 2.52. The van der Waals surface area contributed by atoms with Gasteiger partial charge in [-0.3, -0.25) is 4.90 Å². The number of nitrogens with one attached hydrogen (secondary N) is 1. The lowest BCUT2D eigenvalue weighted by Gasteiger charge is -2.29. The molecule has 2 heterocycles. The highest BCUT2D eigenvalue weighted by Gasteiger charge is 2.13. The molecule has 0 aromatic carbocycles. The van der Waals surface area contributed by atoms with Crippen molar-refractivity contribution in [1.29, 1.82) is 0 Å². The summed E-state index contributed by atoms with van der Waals surface area (Å²) in [5.74, 6) is 1.65. The van der Waals surface area contributed by atoms with Crippen molar-refractivity contribution in [1.82, 2.24) is 20.2 Å². The molecule has 0 spiro atoms. The lowest BCUT2D eigenvalue weighted by atomic mass is 10.3. The van der Waals surface area contributed by atoms with Crippen molar-refractivity contribution < 1.29 is 9.47 Å². The molecular formula is C13H23N5O2. The van der Waals surface area contributed by atoms with Crippen LogP contribution in [0, 0.1) is 0 Å². The highest BCUT2D eigenvalue weighted by atomic mass is 16.5. The fraction of sp³-hybridized carbons (Fsp3) is 0.692. The summed E-state index contributed by atoms with van der Waals surface area (Å²) in [6.07, 6.45) is 0. The molecule has 1 fully saturated rings. The third kappa shape index (κ3) is 3.94. The zero-order valence-electron chi connectivity index (χ0n) is 12.4. The van der Waals surface area contributed by atoms with Crippen LogP contribution in [0.25, 0.3) is 0 Å². The molecule has 1 aromatic rings. The Bertz CT molecular complexity index is 401. The van der Waals surface area contributed by atoms with Crippen LogP contribution < -0.4 is 19.7 Å². The van der Waals surface area contributed by atoms with Crippen LogP contribution in [0.5, 0.6) is 11.8 Å². The number of ether oxygens (including phenoxy) is 2. The predicted octanol–water partition coefficient (Wildman–Crippen LogP) is -0.165. The van der Waals surface area contributed by atoms with Crippen LogP contribution in [-0.4, -0.2) is 75.4 Å². The van der Waals surface area contributed by atoms with Crippen LogP contribution in [0.15, 0.2) is 6.07 Å². The van der Waals surface area contributed by atoms with Crippen molar-refractivity contribution >= 4 is 5.95 Å². The van der Waals surface area contributed by atoms with Crippen LogP contribution in [0.4, 0.5) is 5.95 Å². The van der Waals surface area contributed by atoms with Crippen molar-refractivity contribution in [3.63, 3.8) is 0 Å². The average molecular weight is 281 g/mol. The minimum Gasteiger partial charge on any atom is -0.481 e. The summed E-state index contributed by atoms with van der Waals surface area (Å²) in [5, 5.41) is 3.35. The first kappa shape index (κ1) is 14.8. The van der Waals surface area contributed by atoms with Gasteiger partial charge in [-0.25, -0.2) is 0 Å². The summed E-state index contributed by atoms with van der Waals surface area (Å²) in [7, 11) is 5.16. The maximum absolute atomic E-state index is 5.17. The van der Waals surface area contributed by atoms with Crippen LogP contribution in [0.1, 0.15) is 0 Å². The Morgan fingerprint density at radius 2 is 1.80 bits per heavy atom. The molecule has 20 heavy (non-hydrogen) atoms. The largest absolute Gasteiger partial charge is 0.481 e. The van der Waals surface area contributed by atoms with E-state index < -0.39 is 0 Å². The van der Waals surface area contributed by atoms with Crippen LogP contribution in [0.2, 0.25) is 0 Å². The van der Waals surface area contributed by atoms with Gasteiger partial charge in [0, 0.05) is 46.3 Å². The van der Waals surface area contributed by atoms with Gasteiger partial charge >= 0.3 is 0 Å². The molecule has 0 aliphatic carbocycles. The number of hydrogen-bond donors (Lipinski definition) is 1. The maximum Gasteiger partial charge on any atom is 0.231 e. The van der Waals surface area contributed by atoms with Crippen LogP contribution in [0.3, 0.4) is 0 Å². The van der Waals surface area contributed by atoms with Gasteiger partial charge in [-0.2, -0.15) is 9.97 Å². The SMILES string of the molecule is COc1cc(OC)nc(N(C)CCN2CCNCC2)n1. The van der Waals surface area contributed by atoms with E-state index in [1.54, 1.807) is 20.3 Å². The van der Waals surface area contributed by atoms with E-state index in [2.05, 4.69) is 20.2 Å². The van der Waals surface area contributed by atoms with Crippen molar-refractivity contribution in [2.75, 3.05) is 65.4 Å². The van der Waals surface area contributed by atoms with E-state index in [1.165, 1.54) is 0 Å². The Hall–Kier alpha value is -1.60. The summed E-state index contributed by atoms with van der Waals surface area (Å²) < 4.78 is 10.3. The summed E-state index contributed by atoms with van der Waals surface area (Å²) in [6, 6.07) is 1.67. The van der Waals surface area contributed by atoms with Gasteiger partial charge in [-0.1, -0.05) is 0 Å². The Kier molecular flexibility index (Phi) is 5.37. The first-order valence-corrected chi connectivity index (χ1v) is 6.84. The summed E-state index contributed by atoms with van der Waals surface area (Å²) in [6.45, 7) is 6.18. The van der Waals surface area contributed by atoms with Gasteiger partial charge in [-0.05, 0) is 0 Å². The van der Waals surface area contributed by atoms with Gasteiger partial charge in [0.25, 0.3) is 0 Å². The number of rotatable bonds is 6. The monoisotopic (exact) mass is 281 g/mol. The Balaban J connectivity index is 1.95. The topological polar surface area (TPSA) is 62.8 Å². The van der Waals surface area contributed by atoms with Crippen molar-refractivity contribution in [3.8, 4) is 11.8 Å². The zero-order valence-corrected chi connectivity index (χ0v) is 12.4. The maximum atomic E-state index is 5.17. The Labute approximate surface area is 119 Å². The first-order chi connectivity index (χ1) is 9.72. The van der Waals surface area contributed by atoms with E-state index in [9.17, 15) is 0 Å². The second-order valence-corrected chi connectivity index (χ2v) is 4.77. The fourth-order valence-electron chi connectivity index (χ4n) is 2.10. The normalized spacial score (nSPS) is 15.9. The summed E-state index contributed by atoms with van der Waals surface area (Å²) in [5.41, 5.74) is 0. The molecule has 1 aliphatic rings. The zero-order chi connectivity index (χ0) is 14.4. The number of likely N-dealkylation sites (N-methyl/N-ethyl adjacent to an activating group) is 1. The van der Waals surface area contributed by atoms with Gasteiger partial charge in [0.2, 0.25) is 17.7 Å². The molecule has 1 aliphatic heterocycles. The highest BCUT2D eigenvalue weighted by Crippen LogP contribution is 2.19. The van der Waals surface area contributed by atoms with Crippen molar-refractivity contribution in [3.05, 3.63) is 6.07 Å². The molecule has 2 rings (SSSR count). The number of anilines is 1. The molecule has 7 heteroatoms. The molecule has 0 amide bonds. The quantitative estimate of drug-likeness (QED) is 0.777. The number of methoxy groups -OCH3 is 2. The van der Waals surface area contributed by atoms with E-state index in [0.717, 1.165) is 39.3 Å². The molecule has 0 atom stereocenters. The lowest BCUT2D eigenvalue weighted by Crippen LogP contribution is -2.46. The molecule has 0 bridgehead atoms. The second kappa shape index (κ2) is 7.25. The molecule has 1 saturated heterocycles. The molecule has 1 N–H and O–H groups in total. The number of hydrogen-bond acceptors (Lipinski definition) is 7. The molecular weight excluding hydrogens is 258 g/mol. The Morgan fingerprint density at radius 3 is 2.35 bits per heavy atom. The van der Waals surface area contributed by atoms with Gasteiger partial charge in [0.15, 0.2) is 0 Å². The molecule has 7 nitrogen and oxygen atoms in total. The standard InChI is InChI=1S/C13H23N5O2/c1-17(8-9-18-6-4-14-5-7-18)13-15-11(19-2)10-12(16-13)20-3/h10,14H,4-9H2,1-3H3. The fourth-order valence-corrected chi connectivity index (χ4v) is 2.10. The highest BCUT2D eigenvalue weighted by molar-refractivity contribution is 5.35. The second-order valence-electron chi connectivity index (χ2n) is 4.77. The molecule has 112 valence electrons. The summed E-state index contributed by atoms with van der Waals surface area (Å²) >= 11 is 0. The van der Waals surface area contributed by atoms with E-state index in [1.807, 2.05) is 11.9 Å². The van der Waals surface area contributed by atoms with Crippen molar-refractivity contribution in [2.24, 2.45) is 0 Å². The van der Waals surface area contributed by atoms with Crippen molar-refractivity contribution in [2.45, 2.75) is 0 Å². The van der Waals surface area contributed by atoms with Gasteiger partial charge < -0.3 is 19.7 Å². The van der Waals surface area contributed by atoms with E-state index in [-0.39, 0.29) is 0 Å². The third-order valence-corrected chi connectivity index (χ3v) is 3.39. The number of aromatic nitrogens is 2. The van der Waals surface area contributed by atoms with Gasteiger partial charge in [-0.15, -0.1) is 0 Å². The third-order valence-electron chi connectivity index (χ3n) is 3.39. The van der Waals surface area contributed by atoms with E-state index in [0.29, 0.717) is 17.7 Å². The Morgan fingerprint density at radius 1 is 1.20 bits per heavy atom. The molecule has 0 radical (unpaired) electrons. The number of nitrogens with zero attached hydrogens (tertiary/aromatic N) is 4. The van der Waals surface area contributed by atoms with Crippen LogP contribution >= 0.6 is 0 Å². The van der Waals surface area contributed by atoms with E-state index >= 15 is 0 Å². The minimum atomic E-state index is 0.515. The summed E-state index contributed by atoms with van der Waals surface area (Å²) in [4.78, 5) is 13.1. The lowest BCUT2D eigenvalue weighted by molar-refractivity contribution is 0.246. The molecule has 0 unspecified atom stereocenters. The molecule has 1 aromatic heterocycles. The smallest absolute Gasteiger partial charge is 0.231 e.